The van der Waals surface area contributed by atoms with Crippen molar-refractivity contribution in [2.45, 2.75) is 26.0 Å². The summed E-state index contributed by atoms with van der Waals surface area (Å²) in [6.45, 7) is 5.99. The number of morpholine rings is 1. The molecule has 3 nitrogen and oxygen atoms in total. The summed E-state index contributed by atoms with van der Waals surface area (Å²) in [4.78, 5) is 6.73. The largest absolute Gasteiger partial charge is 0.375 e. The van der Waals surface area contributed by atoms with Crippen LogP contribution < -0.4 is 4.90 Å². The van der Waals surface area contributed by atoms with Crippen molar-refractivity contribution in [1.82, 2.24) is 4.98 Å². The molecule has 5 heteroatoms. The number of aromatic nitrogens is 1. The van der Waals surface area contributed by atoms with Crippen LogP contribution in [0.1, 0.15) is 13.8 Å². The molecule has 78 valence electrons. The molecule has 2 unspecified atom stereocenters. The average Bonchev–Trinajstić information content (AvgIpc) is 2.56. The van der Waals surface area contributed by atoms with E-state index in [-0.39, 0.29) is 0 Å². The lowest BCUT2D eigenvalue weighted by Gasteiger charge is -2.36. The minimum atomic E-state index is 0.300. The molecule has 1 fully saturated rings. The summed E-state index contributed by atoms with van der Waals surface area (Å²) in [5.74, 6) is 0. The van der Waals surface area contributed by atoms with E-state index in [9.17, 15) is 0 Å². The summed E-state index contributed by atoms with van der Waals surface area (Å²) in [6, 6.07) is 0.421. The fourth-order valence-electron chi connectivity index (χ4n) is 1.55. The van der Waals surface area contributed by atoms with Gasteiger partial charge in [-0.15, -0.1) is 11.3 Å². The zero-order chi connectivity index (χ0) is 10.1. The predicted molar refractivity (Wildman–Crippen MR) is 62.0 cm³/mol. The van der Waals surface area contributed by atoms with Crippen molar-refractivity contribution in [2.24, 2.45) is 0 Å². The molecule has 0 bridgehead atoms. The monoisotopic (exact) mass is 276 g/mol. The summed E-state index contributed by atoms with van der Waals surface area (Å²) >= 11 is 5.05. The van der Waals surface area contributed by atoms with E-state index in [1.165, 1.54) is 0 Å². The maximum atomic E-state index is 5.57. The van der Waals surface area contributed by atoms with Gasteiger partial charge in [0.05, 0.1) is 18.8 Å². The van der Waals surface area contributed by atoms with Gasteiger partial charge in [0.25, 0.3) is 0 Å². The zero-order valence-electron chi connectivity index (χ0n) is 8.24. The Morgan fingerprint density at radius 1 is 1.64 bits per heavy atom. The van der Waals surface area contributed by atoms with Crippen molar-refractivity contribution in [1.29, 1.82) is 0 Å². The van der Waals surface area contributed by atoms with E-state index >= 15 is 0 Å². The van der Waals surface area contributed by atoms with E-state index in [4.69, 9.17) is 4.74 Å². The van der Waals surface area contributed by atoms with Gasteiger partial charge in [-0.3, -0.25) is 0 Å². The second-order valence-corrected chi connectivity index (χ2v) is 5.25. The number of halogens is 1. The fourth-order valence-corrected chi connectivity index (χ4v) is 2.91. The second kappa shape index (κ2) is 4.16. The SMILES string of the molecule is CC1CN(c2nc(Br)cs2)C(C)CO1. The van der Waals surface area contributed by atoms with Crippen LogP contribution >= 0.6 is 27.3 Å². The predicted octanol–water partition coefficient (Wildman–Crippen LogP) is 2.52. The summed E-state index contributed by atoms with van der Waals surface area (Å²) in [7, 11) is 0. The van der Waals surface area contributed by atoms with E-state index in [0.29, 0.717) is 12.1 Å². The fraction of sp³-hybridized carbons (Fsp3) is 0.667. The van der Waals surface area contributed by atoms with E-state index in [1.807, 2.05) is 5.38 Å². The van der Waals surface area contributed by atoms with E-state index in [0.717, 1.165) is 22.9 Å². The molecule has 0 radical (unpaired) electrons. The van der Waals surface area contributed by atoms with Gasteiger partial charge in [0, 0.05) is 11.9 Å². The van der Waals surface area contributed by atoms with Crippen LogP contribution in [0.15, 0.2) is 9.98 Å². The Balaban J connectivity index is 2.15. The number of thiazole rings is 1. The summed E-state index contributed by atoms with van der Waals surface area (Å²) in [6.07, 6.45) is 0.300. The van der Waals surface area contributed by atoms with Crippen molar-refractivity contribution in [3.05, 3.63) is 9.98 Å². The van der Waals surface area contributed by atoms with Gasteiger partial charge in [-0.25, -0.2) is 4.98 Å². The molecule has 14 heavy (non-hydrogen) atoms. The van der Waals surface area contributed by atoms with Crippen molar-refractivity contribution >= 4 is 32.4 Å². The Kier molecular flexibility index (Phi) is 3.09. The first-order valence-corrected chi connectivity index (χ1v) is 6.33. The van der Waals surface area contributed by atoms with Crippen LogP contribution in [-0.4, -0.2) is 30.3 Å². The highest BCUT2D eigenvalue weighted by atomic mass is 79.9. The first kappa shape index (κ1) is 10.4. The third-order valence-corrected chi connectivity index (χ3v) is 3.90. The molecule has 2 heterocycles. The van der Waals surface area contributed by atoms with Crippen LogP contribution in [0, 0.1) is 0 Å². The number of ether oxygens (including phenoxy) is 1. The number of hydrogen-bond donors (Lipinski definition) is 0. The maximum Gasteiger partial charge on any atom is 0.186 e. The molecule has 2 atom stereocenters. The number of rotatable bonds is 1. The molecule has 1 aliphatic heterocycles. The lowest BCUT2D eigenvalue weighted by Crippen LogP contribution is -2.47. The van der Waals surface area contributed by atoms with Gasteiger partial charge >= 0.3 is 0 Å². The van der Waals surface area contributed by atoms with Crippen molar-refractivity contribution in [3.63, 3.8) is 0 Å². The van der Waals surface area contributed by atoms with Gasteiger partial charge in [0.2, 0.25) is 0 Å². The van der Waals surface area contributed by atoms with E-state index < -0.39 is 0 Å². The maximum absolute atomic E-state index is 5.57. The molecule has 0 aromatic carbocycles. The molecule has 2 rings (SSSR count). The Morgan fingerprint density at radius 3 is 3.07 bits per heavy atom. The molecule has 0 amide bonds. The van der Waals surface area contributed by atoms with E-state index in [1.54, 1.807) is 11.3 Å². The minimum Gasteiger partial charge on any atom is -0.375 e. The van der Waals surface area contributed by atoms with Crippen molar-refractivity contribution < 1.29 is 4.74 Å². The molecule has 0 spiro atoms. The Labute approximate surface area is 96.2 Å². The first-order valence-electron chi connectivity index (χ1n) is 4.66. The summed E-state index contributed by atoms with van der Waals surface area (Å²) < 4.78 is 6.49. The normalized spacial score (nSPS) is 28.1. The topological polar surface area (TPSA) is 25.4 Å². The van der Waals surface area contributed by atoms with Crippen LogP contribution in [-0.2, 0) is 4.74 Å². The molecule has 0 aliphatic carbocycles. The molecule has 1 aromatic rings. The van der Waals surface area contributed by atoms with Gasteiger partial charge < -0.3 is 9.64 Å². The van der Waals surface area contributed by atoms with Crippen molar-refractivity contribution in [2.75, 3.05) is 18.1 Å². The van der Waals surface area contributed by atoms with Gasteiger partial charge in [-0.2, -0.15) is 0 Å². The van der Waals surface area contributed by atoms with Gasteiger partial charge in [0.1, 0.15) is 4.60 Å². The van der Waals surface area contributed by atoms with Gasteiger partial charge in [-0.1, -0.05) is 0 Å². The molecule has 1 aromatic heterocycles. The minimum absolute atomic E-state index is 0.300. The van der Waals surface area contributed by atoms with Crippen LogP contribution in [0.5, 0.6) is 0 Å². The van der Waals surface area contributed by atoms with Crippen LogP contribution in [0.2, 0.25) is 0 Å². The molecule has 1 saturated heterocycles. The average molecular weight is 277 g/mol. The second-order valence-electron chi connectivity index (χ2n) is 3.60. The van der Waals surface area contributed by atoms with Crippen LogP contribution in [0.25, 0.3) is 0 Å². The zero-order valence-corrected chi connectivity index (χ0v) is 10.6. The lowest BCUT2D eigenvalue weighted by atomic mass is 10.2. The first-order chi connectivity index (χ1) is 6.66. The lowest BCUT2D eigenvalue weighted by molar-refractivity contribution is 0.0343. The molecular formula is C9H13BrN2OS. The molecule has 1 aliphatic rings. The van der Waals surface area contributed by atoms with Crippen LogP contribution in [0.4, 0.5) is 5.13 Å². The Bertz CT molecular complexity index is 318. The Morgan fingerprint density at radius 2 is 2.43 bits per heavy atom. The van der Waals surface area contributed by atoms with E-state index in [2.05, 4.69) is 39.7 Å². The van der Waals surface area contributed by atoms with Crippen LogP contribution in [0.3, 0.4) is 0 Å². The third-order valence-electron chi connectivity index (χ3n) is 2.32. The highest BCUT2D eigenvalue weighted by molar-refractivity contribution is 9.10. The molecule has 0 saturated carbocycles. The standard InChI is InChI=1S/C9H13BrN2OS/c1-6-4-13-7(2)3-12(6)9-11-8(10)5-14-9/h5-7H,3-4H2,1-2H3. The number of nitrogens with zero attached hydrogens (tertiary/aromatic N) is 2. The number of hydrogen-bond acceptors (Lipinski definition) is 4. The highest BCUT2D eigenvalue weighted by Crippen LogP contribution is 2.27. The van der Waals surface area contributed by atoms with Gasteiger partial charge in [-0.05, 0) is 29.8 Å². The molecular weight excluding hydrogens is 264 g/mol. The molecule has 0 N–H and O–H groups in total. The highest BCUT2D eigenvalue weighted by Gasteiger charge is 2.25. The summed E-state index contributed by atoms with van der Waals surface area (Å²) in [5, 5.41) is 3.10. The van der Waals surface area contributed by atoms with Crippen molar-refractivity contribution in [3.8, 4) is 0 Å². The van der Waals surface area contributed by atoms with Gasteiger partial charge in [0.15, 0.2) is 5.13 Å². The Hall–Kier alpha value is -0.130. The number of anilines is 1. The smallest absolute Gasteiger partial charge is 0.186 e. The third kappa shape index (κ3) is 2.10. The quantitative estimate of drug-likeness (QED) is 0.788. The summed E-state index contributed by atoms with van der Waals surface area (Å²) in [5.41, 5.74) is 0.